The lowest BCUT2D eigenvalue weighted by Crippen LogP contribution is -2.47. The van der Waals surface area contributed by atoms with Gasteiger partial charge in [0.05, 0.1) is 11.7 Å². The van der Waals surface area contributed by atoms with Crippen molar-refractivity contribution in [2.75, 3.05) is 0 Å². The van der Waals surface area contributed by atoms with Crippen molar-refractivity contribution in [2.45, 2.75) is 85.5 Å². The second-order valence-electron chi connectivity index (χ2n) is 6.91. The van der Waals surface area contributed by atoms with Crippen LogP contribution in [-0.4, -0.2) is 28.6 Å². The molecule has 0 spiro atoms. The van der Waals surface area contributed by atoms with E-state index in [-0.39, 0.29) is 11.7 Å². The topological polar surface area (TPSA) is 32.3 Å². The van der Waals surface area contributed by atoms with Crippen LogP contribution in [0.1, 0.15) is 67.7 Å². The van der Waals surface area contributed by atoms with Gasteiger partial charge in [0, 0.05) is 6.04 Å². The van der Waals surface area contributed by atoms with Gasteiger partial charge < -0.3 is 4.90 Å². The molecule has 3 atom stereocenters. The van der Waals surface area contributed by atoms with Crippen molar-refractivity contribution in [3.05, 3.63) is 0 Å². The molecule has 3 heteroatoms. The van der Waals surface area contributed by atoms with Crippen molar-refractivity contribution >= 4 is 5.91 Å². The summed E-state index contributed by atoms with van der Waals surface area (Å²) in [6.07, 6.45) is 3.11. The molecule has 0 aromatic rings. The van der Waals surface area contributed by atoms with Gasteiger partial charge >= 0.3 is 0 Å². The smallest absolute Gasteiger partial charge is 0.244 e. The molecule has 3 unspecified atom stereocenters. The monoisotopic (exact) mass is 268 g/mol. The van der Waals surface area contributed by atoms with Crippen LogP contribution in [0.5, 0.6) is 0 Å². The van der Waals surface area contributed by atoms with Crippen molar-refractivity contribution in [1.82, 2.24) is 10.2 Å². The van der Waals surface area contributed by atoms with Gasteiger partial charge in [0.2, 0.25) is 5.91 Å². The van der Waals surface area contributed by atoms with E-state index < -0.39 is 0 Å². The maximum atomic E-state index is 12.8. The van der Waals surface area contributed by atoms with E-state index in [1.165, 1.54) is 0 Å². The zero-order valence-electron chi connectivity index (χ0n) is 13.8. The molecular formula is C16H32N2O. The zero-order chi connectivity index (χ0) is 14.8. The van der Waals surface area contributed by atoms with E-state index in [4.69, 9.17) is 0 Å². The van der Waals surface area contributed by atoms with Gasteiger partial charge in [-0.15, -0.1) is 0 Å². The fourth-order valence-electron chi connectivity index (χ4n) is 3.17. The van der Waals surface area contributed by atoms with Crippen molar-refractivity contribution in [1.29, 1.82) is 0 Å². The highest BCUT2D eigenvalue weighted by atomic mass is 16.2. The van der Waals surface area contributed by atoms with Crippen LogP contribution < -0.4 is 5.32 Å². The number of hydrogen-bond donors (Lipinski definition) is 1. The highest BCUT2D eigenvalue weighted by Gasteiger charge is 2.49. The molecule has 1 heterocycles. The zero-order valence-corrected chi connectivity index (χ0v) is 13.8. The average molecular weight is 268 g/mol. The Labute approximate surface area is 119 Å². The van der Waals surface area contributed by atoms with Crippen LogP contribution >= 0.6 is 0 Å². The van der Waals surface area contributed by atoms with Gasteiger partial charge in [0.25, 0.3) is 0 Å². The highest BCUT2D eigenvalue weighted by Crippen LogP contribution is 2.31. The fourth-order valence-corrected chi connectivity index (χ4v) is 3.17. The second-order valence-corrected chi connectivity index (χ2v) is 6.91. The highest BCUT2D eigenvalue weighted by molar-refractivity contribution is 5.88. The Bertz CT molecular complexity index is 314. The summed E-state index contributed by atoms with van der Waals surface area (Å²) >= 11 is 0. The van der Waals surface area contributed by atoms with E-state index in [9.17, 15) is 4.79 Å². The van der Waals surface area contributed by atoms with Crippen LogP contribution in [0.4, 0.5) is 0 Å². The number of hydrogen-bond acceptors (Lipinski definition) is 2. The molecule has 0 aromatic carbocycles. The summed E-state index contributed by atoms with van der Waals surface area (Å²) < 4.78 is 0. The van der Waals surface area contributed by atoms with Gasteiger partial charge in [-0.3, -0.25) is 10.1 Å². The molecule has 1 aliphatic heterocycles. The number of nitrogens with zero attached hydrogens (tertiary/aromatic N) is 1. The van der Waals surface area contributed by atoms with Gasteiger partial charge in [-0.25, -0.2) is 0 Å². The molecule has 0 radical (unpaired) electrons. The quantitative estimate of drug-likeness (QED) is 0.801. The molecule has 1 N–H and O–H groups in total. The number of nitrogens with one attached hydrogen (secondary N) is 1. The van der Waals surface area contributed by atoms with E-state index >= 15 is 0 Å². The first-order valence-corrected chi connectivity index (χ1v) is 7.87. The first kappa shape index (κ1) is 16.5. The minimum Gasteiger partial charge on any atom is -0.322 e. The molecule has 1 fully saturated rings. The maximum Gasteiger partial charge on any atom is 0.244 e. The van der Waals surface area contributed by atoms with Crippen molar-refractivity contribution < 1.29 is 4.79 Å². The van der Waals surface area contributed by atoms with E-state index in [1.807, 2.05) is 0 Å². The third kappa shape index (κ3) is 3.31. The largest absolute Gasteiger partial charge is 0.322 e. The van der Waals surface area contributed by atoms with Crippen LogP contribution in [0.25, 0.3) is 0 Å². The van der Waals surface area contributed by atoms with E-state index in [0.29, 0.717) is 23.8 Å². The second kappa shape index (κ2) is 6.25. The summed E-state index contributed by atoms with van der Waals surface area (Å²) in [5, 5.41) is 3.59. The van der Waals surface area contributed by atoms with Gasteiger partial charge in [-0.2, -0.15) is 0 Å². The normalized spacial score (nSPS) is 29.6. The SMILES string of the molecule is CCC(C(C)C)N1C(=O)C(C)(CC)NC1CC(C)C. The van der Waals surface area contributed by atoms with E-state index in [0.717, 1.165) is 19.3 Å². The third-order valence-electron chi connectivity index (χ3n) is 4.47. The lowest BCUT2D eigenvalue weighted by atomic mass is 9.95. The van der Waals surface area contributed by atoms with Gasteiger partial charge in [-0.1, -0.05) is 41.5 Å². The predicted octanol–water partition coefficient (Wildman–Crippen LogP) is 3.39. The Kier molecular flexibility index (Phi) is 5.43. The average Bonchev–Trinajstić information content (AvgIpc) is 2.54. The Morgan fingerprint density at radius 1 is 1.26 bits per heavy atom. The lowest BCUT2D eigenvalue weighted by Gasteiger charge is -2.35. The standard InChI is InChI=1S/C16H32N2O/c1-8-13(12(5)6)18-14(10-11(3)4)17-16(7,9-2)15(18)19/h11-14,17H,8-10H2,1-7H3. The number of rotatable bonds is 6. The summed E-state index contributed by atoms with van der Waals surface area (Å²) in [4.78, 5) is 15.0. The molecule has 0 bridgehead atoms. The van der Waals surface area contributed by atoms with Gasteiger partial charge in [0.1, 0.15) is 0 Å². The summed E-state index contributed by atoms with van der Waals surface area (Å²) in [6, 6.07) is 0.345. The Hall–Kier alpha value is -0.570. The number of carbonyl (C=O) groups is 1. The van der Waals surface area contributed by atoms with Crippen LogP contribution in [0.2, 0.25) is 0 Å². The molecule has 0 aromatic heterocycles. The van der Waals surface area contributed by atoms with E-state index in [1.54, 1.807) is 0 Å². The van der Waals surface area contributed by atoms with Crippen LogP contribution in [-0.2, 0) is 4.79 Å². The maximum absolute atomic E-state index is 12.8. The lowest BCUT2D eigenvalue weighted by molar-refractivity contribution is -0.136. The Morgan fingerprint density at radius 2 is 1.84 bits per heavy atom. The molecular weight excluding hydrogens is 236 g/mol. The predicted molar refractivity (Wildman–Crippen MR) is 80.8 cm³/mol. The summed E-state index contributed by atoms with van der Waals surface area (Å²) in [6.45, 7) is 15.2. The molecule has 0 aliphatic carbocycles. The number of amides is 1. The molecule has 1 amide bonds. The first-order valence-electron chi connectivity index (χ1n) is 7.87. The summed E-state index contributed by atoms with van der Waals surface area (Å²) in [5.41, 5.74) is -0.373. The minimum atomic E-state index is -0.373. The minimum absolute atomic E-state index is 0.199. The molecule has 19 heavy (non-hydrogen) atoms. The number of carbonyl (C=O) groups excluding carboxylic acids is 1. The Balaban J connectivity index is 3.03. The van der Waals surface area contributed by atoms with E-state index in [2.05, 4.69) is 58.7 Å². The summed E-state index contributed by atoms with van der Waals surface area (Å²) in [7, 11) is 0. The molecule has 3 nitrogen and oxygen atoms in total. The van der Waals surface area contributed by atoms with Crippen molar-refractivity contribution in [3.8, 4) is 0 Å². The van der Waals surface area contributed by atoms with Crippen molar-refractivity contribution in [3.63, 3.8) is 0 Å². The third-order valence-corrected chi connectivity index (χ3v) is 4.47. The van der Waals surface area contributed by atoms with Crippen molar-refractivity contribution in [2.24, 2.45) is 11.8 Å². The van der Waals surface area contributed by atoms with Gasteiger partial charge in [-0.05, 0) is 38.0 Å². The van der Waals surface area contributed by atoms with Crippen LogP contribution in [0.15, 0.2) is 0 Å². The molecule has 1 rings (SSSR count). The molecule has 1 saturated heterocycles. The molecule has 0 saturated carbocycles. The van der Waals surface area contributed by atoms with Crippen LogP contribution in [0, 0.1) is 11.8 Å². The molecule has 1 aliphatic rings. The van der Waals surface area contributed by atoms with Gasteiger partial charge in [0.15, 0.2) is 0 Å². The first-order chi connectivity index (χ1) is 8.76. The molecule has 112 valence electrons. The summed E-state index contributed by atoms with van der Waals surface area (Å²) in [5.74, 6) is 1.39. The fraction of sp³-hybridized carbons (Fsp3) is 0.938. The Morgan fingerprint density at radius 3 is 2.21 bits per heavy atom. The van der Waals surface area contributed by atoms with Crippen LogP contribution in [0.3, 0.4) is 0 Å².